The number of H-pyrrole nitrogens is 2. The van der Waals surface area contributed by atoms with Crippen LogP contribution in [0.15, 0.2) is 53.7 Å². The molecule has 7 nitrogen and oxygen atoms in total. The fraction of sp³-hybridized carbons (Fsp3) is 0.300. The second kappa shape index (κ2) is 7.57. The van der Waals surface area contributed by atoms with E-state index in [0.717, 1.165) is 30.7 Å². The molecule has 0 radical (unpaired) electrons. The Morgan fingerprint density at radius 2 is 1.96 bits per heavy atom. The molecule has 4 rings (SSSR count). The van der Waals surface area contributed by atoms with E-state index >= 15 is 0 Å². The molecule has 2 N–H and O–H groups in total. The van der Waals surface area contributed by atoms with E-state index < -0.39 is 5.56 Å². The number of carbonyl (C=O) groups is 1. The highest BCUT2D eigenvalue weighted by Gasteiger charge is 2.27. The van der Waals surface area contributed by atoms with Crippen LogP contribution in [0.1, 0.15) is 46.1 Å². The largest absolute Gasteiger partial charge is 0.338 e. The molecule has 0 bridgehead atoms. The highest BCUT2D eigenvalue weighted by Crippen LogP contribution is 2.28. The van der Waals surface area contributed by atoms with Crippen LogP contribution in [0.2, 0.25) is 0 Å². The Kier molecular flexibility index (Phi) is 4.82. The minimum Gasteiger partial charge on any atom is -0.338 e. The van der Waals surface area contributed by atoms with Gasteiger partial charge in [0.1, 0.15) is 5.56 Å². The molecule has 0 saturated carbocycles. The van der Waals surface area contributed by atoms with Crippen LogP contribution in [0.4, 0.5) is 0 Å². The summed E-state index contributed by atoms with van der Waals surface area (Å²) in [7, 11) is 0. The van der Waals surface area contributed by atoms with Gasteiger partial charge in [0.05, 0.1) is 12.0 Å². The predicted octanol–water partition coefficient (Wildman–Crippen LogP) is 2.10. The van der Waals surface area contributed by atoms with Crippen molar-refractivity contribution < 1.29 is 4.79 Å². The van der Waals surface area contributed by atoms with Crippen LogP contribution < -0.4 is 5.56 Å². The number of piperidine rings is 1. The highest BCUT2D eigenvalue weighted by molar-refractivity contribution is 5.93. The van der Waals surface area contributed by atoms with Gasteiger partial charge in [-0.1, -0.05) is 30.3 Å². The summed E-state index contributed by atoms with van der Waals surface area (Å²) in [5.74, 6) is 0.0663. The van der Waals surface area contributed by atoms with Crippen LogP contribution in [-0.2, 0) is 6.42 Å². The highest BCUT2D eigenvalue weighted by atomic mass is 16.2. The first-order chi connectivity index (χ1) is 13.2. The lowest BCUT2D eigenvalue weighted by Gasteiger charge is -2.31. The molecule has 1 fully saturated rings. The first-order valence-corrected chi connectivity index (χ1v) is 9.11. The molecule has 27 heavy (non-hydrogen) atoms. The molecule has 2 aromatic heterocycles. The molecule has 1 amide bonds. The van der Waals surface area contributed by atoms with Gasteiger partial charge in [-0.2, -0.15) is 5.10 Å². The second-order valence-corrected chi connectivity index (χ2v) is 6.84. The number of aromatic amines is 2. The summed E-state index contributed by atoms with van der Waals surface area (Å²) >= 11 is 0. The van der Waals surface area contributed by atoms with Crippen molar-refractivity contribution >= 4 is 5.91 Å². The number of amides is 1. The molecule has 0 unspecified atom stereocenters. The molecular weight excluding hydrogens is 342 g/mol. The molecule has 0 spiro atoms. The first kappa shape index (κ1) is 17.2. The lowest BCUT2D eigenvalue weighted by Crippen LogP contribution is -2.40. The Hall–Kier alpha value is -3.22. The smallest absolute Gasteiger partial charge is 0.263 e. The van der Waals surface area contributed by atoms with Crippen LogP contribution in [0.25, 0.3) is 0 Å². The Morgan fingerprint density at radius 3 is 2.70 bits per heavy atom. The summed E-state index contributed by atoms with van der Waals surface area (Å²) in [5, 5.41) is 7.62. The van der Waals surface area contributed by atoms with E-state index in [-0.39, 0.29) is 11.5 Å². The zero-order chi connectivity index (χ0) is 18.6. The number of rotatable bonds is 4. The Morgan fingerprint density at radius 1 is 1.19 bits per heavy atom. The Balaban J connectivity index is 1.38. The van der Waals surface area contributed by atoms with Gasteiger partial charge in [0.25, 0.3) is 11.5 Å². The van der Waals surface area contributed by atoms with Crippen LogP contribution in [-0.4, -0.2) is 44.1 Å². The molecule has 0 atom stereocenters. The van der Waals surface area contributed by atoms with Gasteiger partial charge < -0.3 is 9.88 Å². The van der Waals surface area contributed by atoms with Gasteiger partial charge in [0.2, 0.25) is 0 Å². The zero-order valence-corrected chi connectivity index (χ0v) is 14.9. The topological polar surface area (TPSA) is 94.7 Å². The third-order valence-electron chi connectivity index (χ3n) is 5.04. The molecule has 1 aliphatic rings. The van der Waals surface area contributed by atoms with E-state index in [0.29, 0.717) is 19.0 Å². The van der Waals surface area contributed by atoms with Crippen molar-refractivity contribution in [1.82, 2.24) is 25.1 Å². The average molecular weight is 363 g/mol. The molecule has 1 saturated heterocycles. The molecule has 138 valence electrons. The van der Waals surface area contributed by atoms with Gasteiger partial charge in [-0.25, -0.2) is 4.98 Å². The molecule has 3 heterocycles. The van der Waals surface area contributed by atoms with E-state index in [2.05, 4.69) is 38.4 Å². The monoisotopic (exact) mass is 363 g/mol. The number of carbonyl (C=O) groups excluding carboxylic acids is 1. The van der Waals surface area contributed by atoms with Crippen LogP contribution in [0, 0.1) is 0 Å². The first-order valence-electron chi connectivity index (χ1n) is 9.11. The van der Waals surface area contributed by atoms with Gasteiger partial charge in [-0.05, 0) is 24.5 Å². The molecule has 7 heteroatoms. The van der Waals surface area contributed by atoms with E-state index in [4.69, 9.17) is 0 Å². The van der Waals surface area contributed by atoms with Crippen molar-refractivity contribution in [1.29, 1.82) is 0 Å². The molecule has 1 aromatic carbocycles. The number of nitrogens with zero attached hydrogens (tertiary/aromatic N) is 3. The average Bonchev–Trinajstić information content (AvgIpc) is 3.17. The van der Waals surface area contributed by atoms with E-state index in [1.54, 1.807) is 4.90 Å². The minimum absolute atomic E-state index is 0.0980. The maximum absolute atomic E-state index is 12.5. The maximum atomic E-state index is 12.5. The van der Waals surface area contributed by atoms with Crippen molar-refractivity contribution in [3.63, 3.8) is 0 Å². The van der Waals surface area contributed by atoms with Gasteiger partial charge in [0.15, 0.2) is 0 Å². The lowest BCUT2D eigenvalue weighted by atomic mass is 9.93. The molecule has 3 aromatic rings. The summed E-state index contributed by atoms with van der Waals surface area (Å²) in [6.45, 7) is 1.22. The van der Waals surface area contributed by atoms with E-state index in [1.165, 1.54) is 18.1 Å². The van der Waals surface area contributed by atoms with Crippen molar-refractivity contribution in [3.8, 4) is 0 Å². The second-order valence-electron chi connectivity index (χ2n) is 6.84. The van der Waals surface area contributed by atoms with Crippen LogP contribution in [0.3, 0.4) is 0 Å². The maximum Gasteiger partial charge on any atom is 0.263 e. The van der Waals surface area contributed by atoms with Crippen molar-refractivity contribution in [2.45, 2.75) is 25.2 Å². The van der Waals surface area contributed by atoms with Gasteiger partial charge in [-0.15, -0.1) is 0 Å². The summed E-state index contributed by atoms with van der Waals surface area (Å²) in [4.78, 5) is 32.3. The Bertz CT molecular complexity index is 971. The van der Waals surface area contributed by atoms with Gasteiger partial charge in [-0.3, -0.25) is 14.7 Å². The standard InChI is InChI=1S/C20H21N5O2/c26-19-17(12-21-13-22-19)20(27)25-8-6-15(7-9-25)18-11-16(23-24-18)10-14-4-2-1-3-5-14/h1-5,11-13,15H,6-10H2,(H,23,24)(H,21,22,26). The quantitative estimate of drug-likeness (QED) is 0.742. The molecule has 1 aliphatic heterocycles. The van der Waals surface area contributed by atoms with Crippen LogP contribution >= 0.6 is 0 Å². The zero-order valence-electron chi connectivity index (χ0n) is 14.9. The van der Waals surface area contributed by atoms with Crippen molar-refractivity contribution in [2.75, 3.05) is 13.1 Å². The van der Waals surface area contributed by atoms with E-state index in [1.807, 2.05) is 18.2 Å². The number of aromatic nitrogens is 4. The number of hydrogen-bond donors (Lipinski definition) is 2. The number of nitrogens with one attached hydrogen (secondary N) is 2. The minimum atomic E-state index is -0.394. The normalized spacial score (nSPS) is 15.0. The van der Waals surface area contributed by atoms with Crippen LogP contribution in [0.5, 0.6) is 0 Å². The van der Waals surface area contributed by atoms with Gasteiger partial charge in [0, 0.05) is 37.3 Å². The van der Waals surface area contributed by atoms with Gasteiger partial charge >= 0.3 is 0 Å². The number of benzene rings is 1. The molecular formula is C20H21N5O2. The third kappa shape index (κ3) is 3.81. The fourth-order valence-electron chi connectivity index (χ4n) is 3.54. The predicted molar refractivity (Wildman–Crippen MR) is 101 cm³/mol. The summed E-state index contributed by atoms with van der Waals surface area (Å²) in [6, 6.07) is 12.4. The summed E-state index contributed by atoms with van der Waals surface area (Å²) in [5.41, 5.74) is 3.09. The SMILES string of the molecule is O=C(c1cnc[nH]c1=O)N1CCC(c2cc(Cc3ccccc3)[nH]n2)CC1. The Labute approximate surface area is 156 Å². The summed E-state index contributed by atoms with van der Waals surface area (Å²) in [6.07, 6.45) is 5.11. The summed E-state index contributed by atoms with van der Waals surface area (Å²) < 4.78 is 0. The van der Waals surface area contributed by atoms with Crippen molar-refractivity contribution in [2.24, 2.45) is 0 Å². The number of hydrogen-bond acceptors (Lipinski definition) is 4. The fourth-order valence-corrected chi connectivity index (χ4v) is 3.54. The van der Waals surface area contributed by atoms with E-state index in [9.17, 15) is 9.59 Å². The third-order valence-corrected chi connectivity index (χ3v) is 5.04. The molecule has 0 aliphatic carbocycles. The lowest BCUT2D eigenvalue weighted by molar-refractivity contribution is 0.0709. The number of likely N-dealkylation sites (tertiary alicyclic amines) is 1. The van der Waals surface area contributed by atoms with Crippen molar-refractivity contribution in [3.05, 3.63) is 81.8 Å².